The molecule has 3 aromatic rings. The van der Waals surface area contributed by atoms with E-state index < -0.39 is 0 Å². The first-order valence-corrected chi connectivity index (χ1v) is 10.5. The maximum atomic E-state index is 3.46. The minimum atomic E-state index is -0.0819. The third kappa shape index (κ3) is 4.28. The van der Waals surface area contributed by atoms with Crippen molar-refractivity contribution in [3.05, 3.63) is 119 Å². The first kappa shape index (κ1) is 19.5. The molecular formula is C27H30N2. The van der Waals surface area contributed by atoms with Crippen LogP contribution in [0.2, 0.25) is 0 Å². The van der Waals surface area contributed by atoms with Crippen LogP contribution in [0.1, 0.15) is 28.7 Å². The van der Waals surface area contributed by atoms with Gasteiger partial charge in [-0.3, -0.25) is 0 Å². The standard InChI is InChI=1S/C27H30N2/c1-28-22-27(25-13-4-2-5-14-25,26-15-6-3-7-16-26)18-10-19-29-20-17-23-11-8-9-12-24(23)21-29/h2-16,19,28H,17-18,20-22H2,1H3/b19-10+. The van der Waals surface area contributed by atoms with Gasteiger partial charge in [-0.05, 0) is 48.3 Å². The van der Waals surface area contributed by atoms with Crippen LogP contribution in [0.5, 0.6) is 0 Å². The maximum absolute atomic E-state index is 3.46. The molecule has 2 nitrogen and oxygen atoms in total. The molecule has 0 bridgehead atoms. The lowest BCUT2D eigenvalue weighted by Gasteiger charge is -2.35. The normalized spacial score (nSPS) is 14.2. The largest absolute Gasteiger partial charge is 0.373 e. The summed E-state index contributed by atoms with van der Waals surface area (Å²) in [5, 5.41) is 3.46. The molecule has 1 aliphatic heterocycles. The molecule has 0 saturated heterocycles. The van der Waals surface area contributed by atoms with Gasteiger partial charge in [-0.15, -0.1) is 0 Å². The zero-order valence-electron chi connectivity index (χ0n) is 17.2. The third-order valence-corrected chi connectivity index (χ3v) is 6.07. The molecular weight excluding hydrogens is 352 g/mol. The highest BCUT2D eigenvalue weighted by molar-refractivity contribution is 5.41. The molecule has 0 amide bonds. The van der Waals surface area contributed by atoms with Crippen LogP contribution in [0.4, 0.5) is 0 Å². The molecule has 3 aromatic carbocycles. The van der Waals surface area contributed by atoms with Gasteiger partial charge in [0, 0.05) is 25.0 Å². The number of nitrogens with one attached hydrogen (secondary N) is 1. The Morgan fingerprint density at radius 3 is 2.03 bits per heavy atom. The van der Waals surface area contributed by atoms with Crippen LogP contribution in [0.3, 0.4) is 0 Å². The fourth-order valence-electron chi connectivity index (χ4n) is 4.54. The molecule has 0 unspecified atom stereocenters. The number of rotatable bonds is 7. The van der Waals surface area contributed by atoms with Crippen molar-refractivity contribution >= 4 is 0 Å². The van der Waals surface area contributed by atoms with E-state index in [0.717, 1.165) is 32.5 Å². The molecule has 148 valence electrons. The first-order chi connectivity index (χ1) is 14.3. The predicted molar refractivity (Wildman–Crippen MR) is 122 cm³/mol. The molecule has 1 heterocycles. The lowest BCUT2D eigenvalue weighted by Crippen LogP contribution is -2.38. The Labute approximate surface area is 174 Å². The summed E-state index contributed by atoms with van der Waals surface area (Å²) in [4.78, 5) is 2.45. The Morgan fingerprint density at radius 2 is 1.41 bits per heavy atom. The van der Waals surface area contributed by atoms with Crippen LogP contribution in [0.25, 0.3) is 0 Å². The summed E-state index contributed by atoms with van der Waals surface area (Å²) in [5.41, 5.74) is 5.58. The van der Waals surface area contributed by atoms with E-state index in [-0.39, 0.29) is 5.41 Å². The topological polar surface area (TPSA) is 15.3 Å². The molecule has 4 rings (SSSR count). The van der Waals surface area contributed by atoms with Gasteiger partial charge < -0.3 is 10.2 Å². The molecule has 0 aromatic heterocycles. The van der Waals surface area contributed by atoms with Gasteiger partial charge in [0.25, 0.3) is 0 Å². The third-order valence-electron chi connectivity index (χ3n) is 6.07. The number of fused-ring (bicyclic) bond motifs is 1. The Kier molecular flexibility index (Phi) is 6.12. The van der Waals surface area contributed by atoms with Crippen molar-refractivity contribution in [3.8, 4) is 0 Å². The van der Waals surface area contributed by atoms with Crippen LogP contribution < -0.4 is 5.32 Å². The number of hydrogen-bond donors (Lipinski definition) is 1. The van der Waals surface area contributed by atoms with Crippen LogP contribution in [0.15, 0.2) is 97.2 Å². The second-order valence-corrected chi connectivity index (χ2v) is 7.92. The Bertz CT molecular complexity index is 892. The highest BCUT2D eigenvalue weighted by atomic mass is 15.1. The van der Waals surface area contributed by atoms with Gasteiger partial charge in [-0.2, -0.15) is 0 Å². The summed E-state index contributed by atoms with van der Waals surface area (Å²) in [6, 6.07) is 30.6. The van der Waals surface area contributed by atoms with Crippen molar-refractivity contribution < 1.29 is 0 Å². The van der Waals surface area contributed by atoms with E-state index >= 15 is 0 Å². The number of nitrogens with zero attached hydrogens (tertiary/aromatic N) is 1. The molecule has 2 heteroatoms. The van der Waals surface area contributed by atoms with Gasteiger partial charge in [0.2, 0.25) is 0 Å². The van der Waals surface area contributed by atoms with E-state index in [2.05, 4.69) is 107 Å². The van der Waals surface area contributed by atoms with E-state index in [1.165, 1.54) is 22.3 Å². The van der Waals surface area contributed by atoms with Gasteiger partial charge in [-0.25, -0.2) is 0 Å². The van der Waals surface area contributed by atoms with Gasteiger partial charge >= 0.3 is 0 Å². The van der Waals surface area contributed by atoms with Crippen LogP contribution in [-0.4, -0.2) is 25.0 Å². The van der Waals surface area contributed by atoms with E-state index in [0.29, 0.717) is 0 Å². The zero-order valence-corrected chi connectivity index (χ0v) is 17.2. The summed E-state index contributed by atoms with van der Waals surface area (Å²) in [6.07, 6.45) is 6.76. The first-order valence-electron chi connectivity index (χ1n) is 10.5. The highest BCUT2D eigenvalue weighted by Gasteiger charge is 2.32. The fourth-order valence-corrected chi connectivity index (χ4v) is 4.54. The van der Waals surface area contributed by atoms with Crippen molar-refractivity contribution in [1.29, 1.82) is 0 Å². The quantitative estimate of drug-likeness (QED) is 0.608. The summed E-state index contributed by atoms with van der Waals surface area (Å²) < 4.78 is 0. The van der Waals surface area contributed by atoms with Crippen molar-refractivity contribution in [1.82, 2.24) is 10.2 Å². The van der Waals surface area contributed by atoms with Crippen molar-refractivity contribution in [2.75, 3.05) is 20.1 Å². The van der Waals surface area contributed by atoms with Crippen molar-refractivity contribution in [2.45, 2.75) is 24.8 Å². The molecule has 29 heavy (non-hydrogen) atoms. The molecule has 0 saturated carbocycles. The van der Waals surface area contributed by atoms with Crippen LogP contribution in [0, 0.1) is 0 Å². The predicted octanol–water partition coefficient (Wildman–Crippen LogP) is 5.15. The van der Waals surface area contributed by atoms with Gasteiger partial charge in [-0.1, -0.05) is 91.0 Å². The minimum absolute atomic E-state index is 0.0819. The zero-order chi connectivity index (χ0) is 19.9. The van der Waals surface area contributed by atoms with Crippen molar-refractivity contribution in [3.63, 3.8) is 0 Å². The summed E-state index contributed by atoms with van der Waals surface area (Å²) in [5.74, 6) is 0. The lowest BCUT2D eigenvalue weighted by atomic mass is 9.72. The second-order valence-electron chi connectivity index (χ2n) is 7.92. The van der Waals surface area contributed by atoms with Gasteiger partial charge in [0.05, 0.1) is 0 Å². The smallest absolute Gasteiger partial charge is 0.0426 e. The fraction of sp³-hybridized carbons (Fsp3) is 0.259. The number of benzene rings is 3. The molecule has 0 spiro atoms. The van der Waals surface area contributed by atoms with E-state index in [1.54, 1.807) is 0 Å². The SMILES string of the molecule is CNCC(C/C=C/N1CCc2ccccc2C1)(c1ccccc1)c1ccccc1. The molecule has 1 aliphatic rings. The average molecular weight is 383 g/mol. The maximum Gasteiger partial charge on any atom is 0.0426 e. The van der Waals surface area contributed by atoms with E-state index in [9.17, 15) is 0 Å². The monoisotopic (exact) mass is 382 g/mol. The molecule has 0 radical (unpaired) electrons. The van der Waals surface area contributed by atoms with E-state index in [4.69, 9.17) is 0 Å². The summed E-state index contributed by atoms with van der Waals surface area (Å²) >= 11 is 0. The van der Waals surface area contributed by atoms with Gasteiger partial charge in [0.1, 0.15) is 0 Å². The van der Waals surface area contributed by atoms with Crippen LogP contribution in [-0.2, 0) is 18.4 Å². The Morgan fingerprint density at radius 1 is 0.828 bits per heavy atom. The number of hydrogen-bond acceptors (Lipinski definition) is 2. The number of likely N-dealkylation sites (N-methyl/N-ethyl adjacent to an activating group) is 1. The Hall–Kier alpha value is -2.84. The molecule has 0 aliphatic carbocycles. The second kappa shape index (κ2) is 9.11. The van der Waals surface area contributed by atoms with Gasteiger partial charge in [0.15, 0.2) is 0 Å². The van der Waals surface area contributed by atoms with Crippen molar-refractivity contribution in [2.24, 2.45) is 0 Å². The number of allylic oxidation sites excluding steroid dienone is 1. The molecule has 0 atom stereocenters. The highest BCUT2D eigenvalue weighted by Crippen LogP contribution is 2.36. The molecule has 0 fully saturated rings. The summed E-state index contributed by atoms with van der Waals surface area (Å²) in [6.45, 7) is 2.99. The Balaban J connectivity index is 1.60. The summed E-state index contributed by atoms with van der Waals surface area (Å²) in [7, 11) is 2.05. The lowest BCUT2D eigenvalue weighted by molar-refractivity contribution is 0.350. The average Bonchev–Trinajstić information content (AvgIpc) is 2.79. The minimum Gasteiger partial charge on any atom is -0.373 e. The van der Waals surface area contributed by atoms with Crippen LogP contribution >= 0.6 is 0 Å². The molecule has 1 N–H and O–H groups in total. The van der Waals surface area contributed by atoms with E-state index in [1.807, 2.05) is 7.05 Å².